The molecule has 0 saturated carbocycles. The monoisotopic (exact) mass is 293 g/mol. The maximum atomic E-state index is 11.7. The van der Waals surface area contributed by atoms with Gasteiger partial charge in [0.25, 0.3) is 5.91 Å². The van der Waals surface area contributed by atoms with Crippen molar-refractivity contribution in [2.75, 3.05) is 33.7 Å². The number of rotatable bonds is 7. The summed E-state index contributed by atoms with van der Waals surface area (Å²) in [5.74, 6) is -0.635. The van der Waals surface area contributed by atoms with E-state index in [4.69, 9.17) is 0 Å². The highest BCUT2D eigenvalue weighted by molar-refractivity contribution is 5.96. The number of hydrogen-bond acceptors (Lipinski definition) is 4. The Morgan fingerprint density at radius 2 is 1.81 bits per heavy atom. The van der Waals surface area contributed by atoms with Crippen LogP contribution in [0.25, 0.3) is 0 Å². The molecule has 6 nitrogen and oxygen atoms in total. The highest BCUT2D eigenvalue weighted by atomic mass is 16.3. The van der Waals surface area contributed by atoms with Crippen molar-refractivity contribution < 1.29 is 14.7 Å². The number of aliphatic hydroxyl groups is 1. The van der Waals surface area contributed by atoms with E-state index in [2.05, 4.69) is 10.6 Å². The third kappa shape index (κ3) is 6.87. The summed E-state index contributed by atoms with van der Waals surface area (Å²) in [6.07, 6.45) is 0. The molecule has 0 aromatic heterocycles. The Kier molecular flexibility index (Phi) is 6.33. The van der Waals surface area contributed by atoms with Gasteiger partial charge in [-0.05, 0) is 33.2 Å². The molecule has 0 aliphatic heterocycles. The van der Waals surface area contributed by atoms with E-state index in [1.807, 2.05) is 25.1 Å². The van der Waals surface area contributed by atoms with Crippen molar-refractivity contribution in [3.63, 3.8) is 0 Å². The van der Waals surface area contributed by atoms with Gasteiger partial charge in [-0.15, -0.1) is 0 Å². The summed E-state index contributed by atoms with van der Waals surface area (Å²) in [6, 6.07) is 8.68. The predicted octanol–water partition coefficient (Wildman–Crippen LogP) is -0.155. The van der Waals surface area contributed by atoms with Gasteiger partial charge >= 0.3 is 0 Å². The molecule has 0 heterocycles. The second-order valence-electron chi connectivity index (χ2n) is 5.56. The SMILES string of the molecule is CN(C)CC(C)(O)CNC(=O)CNC(=O)c1ccccc1. The lowest BCUT2D eigenvalue weighted by molar-refractivity contribution is -0.121. The standard InChI is InChI=1S/C15H23N3O3/c1-15(21,11-18(2)3)10-17-13(19)9-16-14(20)12-7-5-4-6-8-12/h4-8,21H,9-11H2,1-3H3,(H,16,20)(H,17,19). The van der Waals surface area contributed by atoms with E-state index in [1.165, 1.54) is 0 Å². The summed E-state index contributed by atoms with van der Waals surface area (Å²) < 4.78 is 0. The predicted molar refractivity (Wildman–Crippen MR) is 81.0 cm³/mol. The lowest BCUT2D eigenvalue weighted by atomic mass is 10.1. The minimum Gasteiger partial charge on any atom is -0.387 e. The van der Waals surface area contributed by atoms with Crippen LogP contribution in [0, 0.1) is 0 Å². The van der Waals surface area contributed by atoms with Crippen LogP contribution in [0.5, 0.6) is 0 Å². The fourth-order valence-electron chi connectivity index (χ4n) is 1.94. The average molecular weight is 293 g/mol. The van der Waals surface area contributed by atoms with E-state index in [0.29, 0.717) is 12.1 Å². The first kappa shape index (κ1) is 17.1. The Balaban J connectivity index is 2.33. The number of nitrogens with zero attached hydrogens (tertiary/aromatic N) is 1. The molecular weight excluding hydrogens is 270 g/mol. The highest BCUT2D eigenvalue weighted by Crippen LogP contribution is 2.02. The number of benzene rings is 1. The number of carbonyl (C=O) groups is 2. The smallest absolute Gasteiger partial charge is 0.251 e. The number of amides is 2. The van der Waals surface area contributed by atoms with Crippen molar-refractivity contribution in [1.29, 1.82) is 0 Å². The summed E-state index contributed by atoms with van der Waals surface area (Å²) in [7, 11) is 3.69. The first-order valence-electron chi connectivity index (χ1n) is 6.77. The van der Waals surface area contributed by atoms with Gasteiger partial charge in [0.05, 0.1) is 12.1 Å². The van der Waals surface area contributed by atoms with E-state index in [1.54, 1.807) is 31.2 Å². The molecule has 1 rings (SSSR count). The van der Waals surface area contributed by atoms with Gasteiger partial charge in [0.2, 0.25) is 5.91 Å². The van der Waals surface area contributed by atoms with Crippen LogP contribution >= 0.6 is 0 Å². The number of likely N-dealkylation sites (N-methyl/N-ethyl adjacent to an activating group) is 1. The molecule has 1 aromatic rings. The number of hydrogen-bond donors (Lipinski definition) is 3. The van der Waals surface area contributed by atoms with Crippen molar-refractivity contribution in [2.45, 2.75) is 12.5 Å². The van der Waals surface area contributed by atoms with Gasteiger partial charge in [-0.3, -0.25) is 9.59 Å². The Labute approximate surface area is 125 Å². The molecule has 21 heavy (non-hydrogen) atoms. The van der Waals surface area contributed by atoms with Crippen molar-refractivity contribution >= 4 is 11.8 Å². The fourth-order valence-corrected chi connectivity index (χ4v) is 1.94. The average Bonchev–Trinajstić information content (AvgIpc) is 2.42. The first-order chi connectivity index (χ1) is 9.80. The molecule has 6 heteroatoms. The van der Waals surface area contributed by atoms with Gasteiger partial charge in [0.15, 0.2) is 0 Å². The van der Waals surface area contributed by atoms with E-state index in [-0.39, 0.29) is 24.9 Å². The lowest BCUT2D eigenvalue weighted by Crippen LogP contribution is -2.49. The molecule has 0 radical (unpaired) electrons. The highest BCUT2D eigenvalue weighted by Gasteiger charge is 2.22. The molecular formula is C15H23N3O3. The van der Waals surface area contributed by atoms with E-state index < -0.39 is 5.60 Å². The van der Waals surface area contributed by atoms with Crippen LogP contribution < -0.4 is 10.6 Å². The number of carbonyl (C=O) groups excluding carboxylic acids is 2. The number of nitrogens with one attached hydrogen (secondary N) is 2. The topological polar surface area (TPSA) is 81.7 Å². The normalized spacial score (nSPS) is 13.6. The second kappa shape index (κ2) is 7.75. The van der Waals surface area contributed by atoms with Gasteiger partial charge in [-0.25, -0.2) is 0 Å². The summed E-state index contributed by atoms with van der Waals surface area (Å²) in [4.78, 5) is 25.2. The molecule has 0 bridgehead atoms. The van der Waals surface area contributed by atoms with Gasteiger partial charge in [-0.1, -0.05) is 18.2 Å². The summed E-state index contributed by atoms with van der Waals surface area (Å²) >= 11 is 0. The molecule has 0 spiro atoms. The van der Waals surface area contributed by atoms with Crippen molar-refractivity contribution in [3.05, 3.63) is 35.9 Å². The summed E-state index contributed by atoms with van der Waals surface area (Å²) in [5, 5.41) is 15.2. The maximum absolute atomic E-state index is 11.7. The zero-order chi connectivity index (χ0) is 15.9. The first-order valence-corrected chi connectivity index (χ1v) is 6.77. The van der Waals surface area contributed by atoms with Crippen LogP contribution in [-0.2, 0) is 4.79 Å². The van der Waals surface area contributed by atoms with E-state index >= 15 is 0 Å². The molecule has 3 N–H and O–H groups in total. The minimum atomic E-state index is -1.01. The largest absolute Gasteiger partial charge is 0.387 e. The van der Waals surface area contributed by atoms with Gasteiger partial charge in [0, 0.05) is 18.7 Å². The second-order valence-corrected chi connectivity index (χ2v) is 5.56. The zero-order valence-corrected chi connectivity index (χ0v) is 12.7. The van der Waals surface area contributed by atoms with Gasteiger partial charge in [-0.2, -0.15) is 0 Å². The lowest BCUT2D eigenvalue weighted by Gasteiger charge is -2.27. The summed E-state index contributed by atoms with van der Waals surface area (Å²) in [5.41, 5.74) is -0.507. The van der Waals surface area contributed by atoms with Crippen molar-refractivity contribution in [2.24, 2.45) is 0 Å². The third-order valence-electron chi connectivity index (χ3n) is 2.77. The van der Waals surface area contributed by atoms with Gasteiger partial charge < -0.3 is 20.6 Å². The van der Waals surface area contributed by atoms with E-state index in [9.17, 15) is 14.7 Å². The molecule has 1 atom stereocenters. The summed E-state index contributed by atoms with van der Waals surface area (Å²) in [6.45, 7) is 2.09. The molecule has 0 aliphatic carbocycles. The van der Waals surface area contributed by atoms with Crippen LogP contribution in [0.1, 0.15) is 17.3 Å². The maximum Gasteiger partial charge on any atom is 0.251 e. The molecule has 116 valence electrons. The minimum absolute atomic E-state index is 0.119. The zero-order valence-electron chi connectivity index (χ0n) is 12.7. The quantitative estimate of drug-likeness (QED) is 0.653. The Bertz CT molecular complexity index is 472. The van der Waals surface area contributed by atoms with Crippen LogP contribution in [0.4, 0.5) is 0 Å². The van der Waals surface area contributed by atoms with Crippen LogP contribution in [0.3, 0.4) is 0 Å². The van der Waals surface area contributed by atoms with Gasteiger partial charge in [0.1, 0.15) is 0 Å². The van der Waals surface area contributed by atoms with E-state index in [0.717, 1.165) is 0 Å². The van der Waals surface area contributed by atoms with Crippen LogP contribution in [0.2, 0.25) is 0 Å². The van der Waals surface area contributed by atoms with Crippen LogP contribution in [0.15, 0.2) is 30.3 Å². The van der Waals surface area contributed by atoms with Crippen molar-refractivity contribution in [1.82, 2.24) is 15.5 Å². The fraction of sp³-hybridized carbons (Fsp3) is 0.467. The Morgan fingerprint density at radius 3 is 2.38 bits per heavy atom. The Morgan fingerprint density at radius 1 is 1.19 bits per heavy atom. The molecule has 0 saturated heterocycles. The molecule has 0 fully saturated rings. The Hall–Kier alpha value is -1.92. The molecule has 1 unspecified atom stereocenters. The third-order valence-corrected chi connectivity index (χ3v) is 2.77. The van der Waals surface area contributed by atoms with Crippen LogP contribution in [-0.4, -0.2) is 61.2 Å². The molecule has 0 aliphatic rings. The molecule has 2 amide bonds. The molecule has 1 aromatic carbocycles. The van der Waals surface area contributed by atoms with Crippen molar-refractivity contribution in [3.8, 4) is 0 Å².